The molecule has 0 spiro atoms. The number of amides is 1. The molecule has 0 aliphatic carbocycles. The second kappa shape index (κ2) is 5.50. The van der Waals surface area contributed by atoms with Gasteiger partial charge >= 0.3 is 0 Å². The molecule has 0 aliphatic heterocycles. The Hall–Kier alpha value is -2.27. The number of nitrogens with one attached hydrogen (secondary N) is 1. The average molecular weight is 311 g/mol. The van der Waals surface area contributed by atoms with Gasteiger partial charge in [-0.25, -0.2) is 4.98 Å². The molecule has 112 valence electrons. The number of aromatic nitrogens is 2. The first-order valence-corrected chi connectivity index (χ1v) is 7.88. The molecule has 0 radical (unpaired) electrons. The predicted octanol–water partition coefficient (Wildman–Crippen LogP) is 4.24. The van der Waals surface area contributed by atoms with Gasteiger partial charge in [0, 0.05) is 22.9 Å². The molecule has 1 N–H and O–H groups in total. The van der Waals surface area contributed by atoms with Crippen LogP contribution in [0.3, 0.4) is 0 Å². The Labute approximate surface area is 133 Å². The molecule has 0 atom stereocenters. The van der Waals surface area contributed by atoms with Crippen LogP contribution < -0.4 is 5.32 Å². The van der Waals surface area contributed by atoms with E-state index in [2.05, 4.69) is 36.1 Å². The summed E-state index contributed by atoms with van der Waals surface area (Å²) >= 11 is 1.47. The highest BCUT2D eigenvalue weighted by atomic mass is 32.1. The molecule has 3 rings (SSSR count). The van der Waals surface area contributed by atoms with Crippen LogP contribution in [-0.2, 0) is 5.41 Å². The van der Waals surface area contributed by atoms with Crippen molar-refractivity contribution in [3.8, 4) is 0 Å². The third-order valence-electron chi connectivity index (χ3n) is 3.30. The number of hydrogen-bond acceptors (Lipinski definition) is 4. The SMILES string of the molecule is CC(C)(C)c1cc(C(=O)Nc2nc3ccccc3s2)ccn1. The Morgan fingerprint density at radius 3 is 2.68 bits per heavy atom. The van der Waals surface area contributed by atoms with Crippen molar-refractivity contribution in [2.75, 3.05) is 5.32 Å². The van der Waals surface area contributed by atoms with E-state index in [1.54, 1.807) is 12.3 Å². The maximum atomic E-state index is 12.4. The van der Waals surface area contributed by atoms with Gasteiger partial charge in [-0.15, -0.1) is 0 Å². The summed E-state index contributed by atoms with van der Waals surface area (Å²) in [7, 11) is 0. The van der Waals surface area contributed by atoms with E-state index in [0.29, 0.717) is 10.7 Å². The minimum Gasteiger partial charge on any atom is -0.298 e. The van der Waals surface area contributed by atoms with Gasteiger partial charge in [0.15, 0.2) is 5.13 Å². The number of carbonyl (C=O) groups is 1. The summed E-state index contributed by atoms with van der Waals surface area (Å²) in [5, 5.41) is 3.48. The second-order valence-electron chi connectivity index (χ2n) is 6.12. The van der Waals surface area contributed by atoms with Crippen LogP contribution in [0.5, 0.6) is 0 Å². The monoisotopic (exact) mass is 311 g/mol. The fraction of sp³-hybridized carbons (Fsp3) is 0.235. The van der Waals surface area contributed by atoms with Crippen molar-refractivity contribution in [3.05, 3.63) is 53.9 Å². The van der Waals surface area contributed by atoms with Crippen LogP contribution in [0.2, 0.25) is 0 Å². The Morgan fingerprint density at radius 2 is 1.95 bits per heavy atom. The minimum absolute atomic E-state index is 0.0911. The molecule has 0 unspecified atom stereocenters. The van der Waals surface area contributed by atoms with E-state index in [1.165, 1.54) is 11.3 Å². The van der Waals surface area contributed by atoms with E-state index in [9.17, 15) is 4.79 Å². The highest BCUT2D eigenvalue weighted by Gasteiger charge is 2.17. The number of carbonyl (C=O) groups excluding carboxylic acids is 1. The lowest BCUT2D eigenvalue weighted by atomic mass is 9.91. The van der Waals surface area contributed by atoms with Crippen molar-refractivity contribution >= 4 is 32.6 Å². The van der Waals surface area contributed by atoms with Crippen molar-refractivity contribution < 1.29 is 4.79 Å². The Kier molecular flexibility index (Phi) is 3.66. The van der Waals surface area contributed by atoms with E-state index >= 15 is 0 Å². The summed E-state index contributed by atoms with van der Waals surface area (Å²) in [5.41, 5.74) is 2.29. The Balaban J connectivity index is 1.85. The zero-order chi connectivity index (χ0) is 15.7. The molecule has 4 nitrogen and oxygen atoms in total. The quantitative estimate of drug-likeness (QED) is 0.770. The third-order valence-corrected chi connectivity index (χ3v) is 4.26. The summed E-state index contributed by atoms with van der Waals surface area (Å²) in [6.07, 6.45) is 1.67. The van der Waals surface area contributed by atoms with Gasteiger partial charge in [0.2, 0.25) is 0 Å². The van der Waals surface area contributed by atoms with Crippen molar-refractivity contribution in [1.29, 1.82) is 0 Å². The van der Waals surface area contributed by atoms with Gasteiger partial charge < -0.3 is 0 Å². The highest BCUT2D eigenvalue weighted by molar-refractivity contribution is 7.22. The van der Waals surface area contributed by atoms with E-state index < -0.39 is 0 Å². The lowest BCUT2D eigenvalue weighted by molar-refractivity contribution is 0.102. The van der Waals surface area contributed by atoms with E-state index in [0.717, 1.165) is 15.9 Å². The summed E-state index contributed by atoms with van der Waals surface area (Å²) < 4.78 is 1.06. The predicted molar refractivity (Wildman–Crippen MR) is 90.5 cm³/mol. The van der Waals surface area contributed by atoms with Gasteiger partial charge in [-0.05, 0) is 24.3 Å². The number of pyridine rings is 1. The van der Waals surface area contributed by atoms with Crippen LogP contribution in [0.15, 0.2) is 42.6 Å². The van der Waals surface area contributed by atoms with Crippen LogP contribution in [0.25, 0.3) is 10.2 Å². The van der Waals surface area contributed by atoms with Crippen LogP contribution in [0.4, 0.5) is 5.13 Å². The summed E-state index contributed by atoms with van der Waals surface area (Å²) in [6, 6.07) is 11.4. The molecule has 2 aromatic heterocycles. The maximum absolute atomic E-state index is 12.4. The molecule has 0 saturated carbocycles. The van der Waals surface area contributed by atoms with Crippen molar-refractivity contribution in [1.82, 2.24) is 9.97 Å². The van der Waals surface area contributed by atoms with E-state index in [1.807, 2.05) is 30.3 Å². The number of para-hydroxylation sites is 1. The van der Waals surface area contributed by atoms with Crippen molar-refractivity contribution in [3.63, 3.8) is 0 Å². The van der Waals surface area contributed by atoms with Crippen LogP contribution in [0, 0.1) is 0 Å². The lowest BCUT2D eigenvalue weighted by Gasteiger charge is -2.17. The first kappa shape index (κ1) is 14.7. The number of rotatable bonds is 2. The summed E-state index contributed by atoms with van der Waals surface area (Å²) in [6.45, 7) is 6.22. The molecule has 0 saturated heterocycles. The van der Waals surface area contributed by atoms with Gasteiger partial charge in [-0.3, -0.25) is 15.1 Å². The van der Waals surface area contributed by atoms with Gasteiger partial charge in [-0.2, -0.15) is 0 Å². The molecule has 1 aromatic carbocycles. The zero-order valence-electron chi connectivity index (χ0n) is 12.8. The fourth-order valence-electron chi connectivity index (χ4n) is 2.08. The van der Waals surface area contributed by atoms with Gasteiger partial charge in [0.05, 0.1) is 10.2 Å². The molecule has 2 heterocycles. The standard InChI is InChI=1S/C17H17N3OS/c1-17(2,3)14-10-11(8-9-18-14)15(21)20-16-19-12-6-4-5-7-13(12)22-16/h4-10H,1-3H3,(H,19,20,21). The number of hydrogen-bond donors (Lipinski definition) is 1. The van der Waals surface area contributed by atoms with Gasteiger partial charge in [0.25, 0.3) is 5.91 Å². The molecule has 0 fully saturated rings. The third kappa shape index (κ3) is 2.99. The number of fused-ring (bicyclic) bond motifs is 1. The summed E-state index contributed by atoms with van der Waals surface area (Å²) in [4.78, 5) is 21.2. The zero-order valence-corrected chi connectivity index (χ0v) is 13.6. The van der Waals surface area contributed by atoms with Crippen LogP contribution in [-0.4, -0.2) is 15.9 Å². The number of anilines is 1. The molecule has 0 bridgehead atoms. The summed E-state index contributed by atoms with van der Waals surface area (Å²) in [5.74, 6) is -0.160. The first-order chi connectivity index (χ1) is 10.4. The van der Waals surface area contributed by atoms with Crippen LogP contribution >= 0.6 is 11.3 Å². The van der Waals surface area contributed by atoms with Gasteiger partial charge in [-0.1, -0.05) is 44.2 Å². The maximum Gasteiger partial charge on any atom is 0.257 e. The second-order valence-corrected chi connectivity index (χ2v) is 7.15. The smallest absolute Gasteiger partial charge is 0.257 e. The highest BCUT2D eigenvalue weighted by Crippen LogP contribution is 2.26. The Morgan fingerprint density at radius 1 is 1.18 bits per heavy atom. The van der Waals surface area contributed by atoms with Crippen LogP contribution in [0.1, 0.15) is 36.8 Å². The van der Waals surface area contributed by atoms with Crippen molar-refractivity contribution in [2.24, 2.45) is 0 Å². The molecule has 5 heteroatoms. The van der Waals surface area contributed by atoms with Crippen molar-refractivity contribution in [2.45, 2.75) is 26.2 Å². The molecular formula is C17H17N3OS. The normalized spacial score (nSPS) is 11.6. The molecule has 3 aromatic rings. The fourth-order valence-corrected chi connectivity index (χ4v) is 2.94. The van der Waals surface area contributed by atoms with E-state index in [4.69, 9.17) is 0 Å². The van der Waals surface area contributed by atoms with Gasteiger partial charge in [0.1, 0.15) is 0 Å². The topological polar surface area (TPSA) is 54.9 Å². The molecule has 0 aliphatic rings. The van der Waals surface area contributed by atoms with E-state index in [-0.39, 0.29) is 11.3 Å². The Bertz CT molecular complexity index is 800. The number of thiazole rings is 1. The largest absolute Gasteiger partial charge is 0.298 e. The molecule has 22 heavy (non-hydrogen) atoms. The number of benzene rings is 1. The average Bonchev–Trinajstić information content (AvgIpc) is 2.88. The minimum atomic E-state index is -0.160. The number of nitrogens with zero attached hydrogens (tertiary/aromatic N) is 2. The first-order valence-electron chi connectivity index (χ1n) is 7.07. The lowest BCUT2D eigenvalue weighted by Crippen LogP contribution is -2.17. The molecular weight excluding hydrogens is 294 g/mol. The molecule has 1 amide bonds.